The minimum absolute atomic E-state index is 0.339. The Morgan fingerprint density at radius 3 is 2.10 bits per heavy atom. The molecule has 0 aliphatic heterocycles. The maximum absolute atomic E-state index is 12.6. The zero-order valence-electron chi connectivity index (χ0n) is 9.32. The Balaban J connectivity index is 2.81. The van der Waals surface area contributed by atoms with Crippen LogP contribution in [0.2, 0.25) is 0 Å². The summed E-state index contributed by atoms with van der Waals surface area (Å²) in [7, 11) is 0. The van der Waals surface area contributed by atoms with Gasteiger partial charge in [-0.3, -0.25) is 0 Å². The molecule has 0 unspecified atom stereocenters. The van der Waals surface area contributed by atoms with E-state index in [4.69, 9.17) is 0 Å². The van der Waals surface area contributed by atoms with Crippen molar-refractivity contribution < 1.29 is 36.2 Å². The molecule has 0 aliphatic carbocycles. The smallest absolute Gasteiger partial charge is 0.431 e. The first-order valence-corrected chi connectivity index (χ1v) is 5.03. The molecule has 0 saturated carbocycles. The van der Waals surface area contributed by atoms with E-state index in [2.05, 4.69) is 0 Å². The van der Waals surface area contributed by atoms with E-state index in [1.807, 2.05) is 0 Å². The molecule has 0 fully saturated rings. The minimum Gasteiger partial charge on any atom is -0.545 e. The number of carbonyl (C=O) groups excluding carboxylic acids is 1. The van der Waals surface area contributed by atoms with Crippen LogP contribution in [0.3, 0.4) is 0 Å². The maximum Gasteiger partial charge on any atom is 0.431 e. The van der Waals surface area contributed by atoms with Gasteiger partial charge in [-0.25, -0.2) is 0 Å². The van der Waals surface area contributed by atoms with E-state index in [9.17, 15) is 36.2 Å². The fourth-order valence-electron chi connectivity index (χ4n) is 1.79. The van der Waals surface area contributed by atoms with Gasteiger partial charge in [0.05, 0.1) is 11.5 Å². The predicted octanol–water partition coefficient (Wildman–Crippen LogP) is 2.57. The first-order chi connectivity index (χ1) is 9.01. The van der Waals surface area contributed by atoms with E-state index in [1.165, 1.54) is 0 Å². The van der Waals surface area contributed by atoms with Gasteiger partial charge >= 0.3 is 12.4 Å². The number of halogens is 6. The average molecular weight is 296 g/mol. The second-order valence-electron chi connectivity index (χ2n) is 3.92. The summed E-state index contributed by atoms with van der Waals surface area (Å²) < 4.78 is 75.4. The minimum atomic E-state index is -5.05. The van der Waals surface area contributed by atoms with E-state index < -0.39 is 40.5 Å². The van der Waals surface area contributed by atoms with Crippen LogP contribution in [-0.2, 0) is 12.4 Å². The third-order valence-corrected chi connectivity index (χ3v) is 2.61. The Labute approximate surface area is 106 Å². The molecule has 1 aromatic heterocycles. The normalized spacial score (nSPS) is 12.9. The van der Waals surface area contributed by atoms with Crippen LogP contribution in [-0.4, -0.2) is 11.0 Å². The summed E-state index contributed by atoms with van der Waals surface area (Å²) in [6.45, 7) is 0. The van der Waals surface area contributed by atoms with Crippen molar-refractivity contribution in [3.05, 3.63) is 35.0 Å². The molecule has 0 atom stereocenters. The Bertz CT molecular complexity index is 683. The summed E-state index contributed by atoms with van der Waals surface area (Å²) in [6.07, 6.45) is -9.85. The lowest BCUT2D eigenvalue weighted by Gasteiger charge is -2.09. The molecule has 0 saturated heterocycles. The molecular weight excluding hydrogens is 292 g/mol. The van der Waals surface area contributed by atoms with Gasteiger partial charge in [0.25, 0.3) is 0 Å². The molecule has 0 aliphatic rings. The molecule has 9 heteroatoms. The van der Waals surface area contributed by atoms with Gasteiger partial charge in [-0.15, -0.1) is 0 Å². The van der Waals surface area contributed by atoms with Crippen molar-refractivity contribution in [3.8, 4) is 0 Å². The lowest BCUT2D eigenvalue weighted by Crippen LogP contribution is -2.25. The monoisotopic (exact) mass is 296 g/mol. The van der Waals surface area contributed by atoms with Crippen molar-refractivity contribution >= 4 is 16.9 Å². The highest BCUT2D eigenvalue weighted by Crippen LogP contribution is 2.37. The van der Waals surface area contributed by atoms with Crippen molar-refractivity contribution in [1.29, 1.82) is 0 Å². The highest BCUT2D eigenvalue weighted by atomic mass is 19.4. The van der Waals surface area contributed by atoms with Gasteiger partial charge in [0.1, 0.15) is 5.69 Å². The van der Waals surface area contributed by atoms with Crippen LogP contribution in [0.1, 0.15) is 21.6 Å². The molecule has 20 heavy (non-hydrogen) atoms. The fourth-order valence-corrected chi connectivity index (χ4v) is 1.79. The molecule has 0 bridgehead atoms. The number of rotatable bonds is 1. The number of nitrogens with one attached hydrogen (secondary N) is 1. The van der Waals surface area contributed by atoms with Crippen LogP contribution in [0.25, 0.3) is 10.9 Å². The van der Waals surface area contributed by atoms with E-state index >= 15 is 0 Å². The Morgan fingerprint density at radius 1 is 1.05 bits per heavy atom. The van der Waals surface area contributed by atoms with Gasteiger partial charge in [-0.2, -0.15) is 26.3 Å². The van der Waals surface area contributed by atoms with Crippen LogP contribution in [0, 0.1) is 0 Å². The highest BCUT2D eigenvalue weighted by Gasteiger charge is 2.38. The van der Waals surface area contributed by atoms with Gasteiger partial charge in [-0.05, 0) is 18.2 Å². The number of aromatic carboxylic acids is 1. The van der Waals surface area contributed by atoms with Crippen molar-refractivity contribution in [1.82, 2.24) is 4.98 Å². The van der Waals surface area contributed by atoms with E-state index in [0.717, 1.165) is 6.07 Å². The Kier molecular flexibility index (Phi) is 2.95. The second kappa shape index (κ2) is 4.15. The Hall–Kier alpha value is -2.19. The predicted molar refractivity (Wildman–Crippen MR) is 52.6 cm³/mol. The number of carboxylic acid groups (broad SMARTS) is 1. The van der Waals surface area contributed by atoms with Gasteiger partial charge in [-0.1, -0.05) is 0 Å². The highest BCUT2D eigenvalue weighted by molar-refractivity contribution is 6.04. The first-order valence-electron chi connectivity index (χ1n) is 5.03. The lowest BCUT2D eigenvalue weighted by molar-refractivity contribution is -0.255. The van der Waals surface area contributed by atoms with Crippen molar-refractivity contribution in [2.24, 2.45) is 0 Å². The summed E-state index contributed by atoms with van der Waals surface area (Å²) in [5.74, 6) is -2.21. The van der Waals surface area contributed by atoms with Crippen LogP contribution in [0.5, 0.6) is 0 Å². The van der Waals surface area contributed by atoms with Gasteiger partial charge < -0.3 is 14.9 Å². The molecule has 0 radical (unpaired) electrons. The molecule has 0 amide bonds. The molecule has 2 rings (SSSR count). The number of benzene rings is 1. The SMILES string of the molecule is O=C([O-])c1c(C(F)(F)F)[nH]c2ccc(C(F)(F)F)cc12. The number of H-pyrrole nitrogens is 1. The van der Waals surface area contributed by atoms with E-state index in [1.54, 1.807) is 4.98 Å². The number of aromatic nitrogens is 1. The van der Waals surface area contributed by atoms with Crippen molar-refractivity contribution in [2.45, 2.75) is 12.4 Å². The van der Waals surface area contributed by atoms with Gasteiger partial charge in [0, 0.05) is 16.5 Å². The summed E-state index contributed by atoms with van der Waals surface area (Å²) >= 11 is 0. The van der Waals surface area contributed by atoms with Crippen molar-refractivity contribution in [3.63, 3.8) is 0 Å². The number of fused-ring (bicyclic) bond motifs is 1. The number of aromatic amines is 1. The number of hydrogen-bond acceptors (Lipinski definition) is 2. The topological polar surface area (TPSA) is 55.9 Å². The quantitative estimate of drug-likeness (QED) is 0.822. The summed E-state index contributed by atoms with van der Waals surface area (Å²) in [4.78, 5) is 12.5. The third kappa shape index (κ3) is 2.30. The molecule has 0 spiro atoms. The number of alkyl halides is 6. The zero-order valence-corrected chi connectivity index (χ0v) is 9.32. The molecular formula is C11H4F6NO2-. The third-order valence-electron chi connectivity index (χ3n) is 2.61. The number of carboxylic acids is 1. The average Bonchev–Trinajstić information content (AvgIpc) is 2.65. The number of carbonyl (C=O) groups is 1. The number of hydrogen-bond donors (Lipinski definition) is 1. The standard InChI is InChI=1S/C11H5F6NO2/c12-10(13,14)4-1-2-6-5(3-4)7(9(19)20)8(18-6)11(15,16)17/h1-3,18H,(H,19,20)/p-1. The van der Waals surface area contributed by atoms with Gasteiger partial charge in [0.2, 0.25) is 0 Å². The van der Waals surface area contributed by atoms with Crippen LogP contribution in [0.15, 0.2) is 18.2 Å². The second-order valence-corrected chi connectivity index (χ2v) is 3.92. The molecule has 1 N–H and O–H groups in total. The maximum atomic E-state index is 12.6. The first kappa shape index (κ1) is 14.2. The summed E-state index contributed by atoms with van der Waals surface area (Å²) in [5.41, 5.74) is -4.60. The van der Waals surface area contributed by atoms with E-state index in [-0.39, 0.29) is 5.52 Å². The van der Waals surface area contributed by atoms with Crippen LogP contribution < -0.4 is 5.11 Å². The van der Waals surface area contributed by atoms with Gasteiger partial charge in [0.15, 0.2) is 0 Å². The van der Waals surface area contributed by atoms with Crippen LogP contribution in [0.4, 0.5) is 26.3 Å². The largest absolute Gasteiger partial charge is 0.545 e. The summed E-state index contributed by atoms with van der Waals surface area (Å²) in [6, 6.07) is 1.63. The van der Waals surface area contributed by atoms with Crippen molar-refractivity contribution in [2.75, 3.05) is 0 Å². The molecule has 3 nitrogen and oxygen atoms in total. The fraction of sp³-hybridized carbons (Fsp3) is 0.182. The molecule has 108 valence electrons. The molecule has 1 aromatic carbocycles. The zero-order chi connectivity index (χ0) is 15.3. The lowest BCUT2D eigenvalue weighted by atomic mass is 10.1. The van der Waals surface area contributed by atoms with Crippen LogP contribution >= 0.6 is 0 Å². The Morgan fingerprint density at radius 2 is 1.65 bits per heavy atom. The van der Waals surface area contributed by atoms with E-state index in [0.29, 0.717) is 12.1 Å². The molecule has 1 heterocycles. The summed E-state index contributed by atoms with van der Waals surface area (Å²) in [5, 5.41) is 10.1. The molecule has 2 aromatic rings.